The highest BCUT2D eigenvalue weighted by Crippen LogP contribution is 2.12. The summed E-state index contributed by atoms with van der Waals surface area (Å²) in [7, 11) is 1.56. The molecule has 0 fully saturated rings. The smallest absolute Gasteiger partial charge is 0.225 e. The molecule has 5 heteroatoms. The predicted octanol–water partition coefficient (Wildman–Crippen LogP) is 2.03. The number of methoxy groups -OCH3 is 1. The molecule has 0 amide bonds. The summed E-state index contributed by atoms with van der Waals surface area (Å²) in [5, 5.41) is 3.52. The SMILES string of the molecule is COc1cc(CNC(C)(C)C)nc(Cl)n1. The van der Waals surface area contributed by atoms with Gasteiger partial charge >= 0.3 is 0 Å². The van der Waals surface area contributed by atoms with E-state index < -0.39 is 0 Å². The maximum absolute atomic E-state index is 5.75. The first-order valence-corrected chi connectivity index (χ1v) is 5.11. The Morgan fingerprint density at radius 1 is 1.40 bits per heavy atom. The highest BCUT2D eigenvalue weighted by molar-refractivity contribution is 6.28. The van der Waals surface area contributed by atoms with E-state index in [0.29, 0.717) is 12.4 Å². The Morgan fingerprint density at radius 2 is 2.07 bits per heavy atom. The number of nitrogens with zero attached hydrogens (tertiary/aromatic N) is 2. The summed E-state index contributed by atoms with van der Waals surface area (Å²) in [6.07, 6.45) is 0. The van der Waals surface area contributed by atoms with Crippen LogP contribution in [0.4, 0.5) is 0 Å². The van der Waals surface area contributed by atoms with E-state index in [1.165, 1.54) is 0 Å². The summed E-state index contributed by atoms with van der Waals surface area (Å²) in [5.74, 6) is 0.487. The van der Waals surface area contributed by atoms with Gasteiger partial charge in [0, 0.05) is 18.2 Å². The zero-order chi connectivity index (χ0) is 11.5. The molecule has 0 spiro atoms. The molecule has 0 unspecified atom stereocenters. The lowest BCUT2D eigenvalue weighted by atomic mass is 10.1. The molecule has 0 atom stereocenters. The van der Waals surface area contributed by atoms with Crippen molar-refractivity contribution in [3.05, 3.63) is 17.0 Å². The van der Waals surface area contributed by atoms with Gasteiger partial charge in [-0.3, -0.25) is 0 Å². The lowest BCUT2D eigenvalue weighted by molar-refractivity contribution is 0.392. The van der Waals surface area contributed by atoms with E-state index in [1.807, 2.05) is 0 Å². The molecule has 0 saturated heterocycles. The second-order valence-corrected chi connectivity index (χ2v) is 4.61. The van der Waals surface area contributed by atoms with Gasteiger partial charge in [0.1, 0.15) is 0 Å². The van der Waals surface area contributed by atoms with Crippen LogP contribution in [0.5, 0.6) is 5.88 Å². The van der Waals surface area contributed by atoms with Crippen molar-refractivity contribution in [1.29, 1.82) is 0 Å². The largest absolute Gasteiger partial charge is 0.481 e. The highest BCUT2D eigenvalue weighted by atomic mass is 35.5. The third kappa shape index (κ3) is 4.44. The fourth-order valence-corrected chi connectivity index (χ4v) is 1.18. The number of hydrogen-bond donors (Lipinski definition) is 1. The second-order valence-electron chi connectivity index (χ2n) is 4.27. The Balaban J connectivity index is 2.73. The van der Waals surface area contributed by atoms with Crippen LogP contribution < -0.4 is 10.1 Å². The molecule has 0 aliphatic carbocycles. The van der Waals surface area contributed by atoms with E-state index in [4.69, 9.17) is 16.3 Å². The van der Waals surface area contributed by atoms with Gasteiger partial charge in [0.2, 0.25) is 11.2 Å². The van der Waals surface area contributed by atoms with Crippen LogP contribution in [-0.4, -0.2) is 22.6 Å². The molecule has 1 rings (SSSR count). The van der Waals surface area contributed by atoms with Gasteiger partial charge < -0.3 is 10.1 Å². The Kier molecular flexibility index (Phi) is 3.88. The molecule has 1 heterocycles. The molecule has 0 bridgehead atoms. The van der Waals surface area contributed by atoms with Crippen molar-refractivity contribution < 1.29 is 4.74 Å². The monoisotopic (exact) mass is 229 g/mol. The van der Waals surface area contributed by atoms with E-state index in [2.05, 4.69) is 36.1 Å². The average Bonchev–Trinajstić information content (AvgIpc) is 2.13. The molecular formula is C10H16ClN3O. The highest BCUT2D eigenvalue weighted by Gasteiger charge is 2.10. The fourth-order valence-electron chi connectivity index (χ4n) is 0.992. The lowest BCUT2D eigenvalue weighted by Gasteiger charge is -2.20. The Bertz CT molecular complexity index is 336. The predicted molar refractivity (Wildman–Crippen MR) is 60.2 cm³/mol. The van der Waals surface area contributed by atoms with Gasteiger partial charge in [-0.15, -0.1) is 0 Å². The maximum atomic E-state index is 5.75. The summed E-state index contributed by atoms with van der Waals surface area (Å²) in [6.45, 7) is 6.91. The van der Waals surface area contributed by atoms with Crippen molar-refractivity contribution in [2.45, 2.75) is 32.9 Å². The Hall–Kier alpha value is -0.870. The van der Waals surface area contributed by atoms with E-state index >= 15 is 0 Å². The fraction of sp³-hybridized carbons (Fsp3) is 0.600. The van der Waals surface area contributed by atoms with Crippen LogP contribution in [0.1, 0.15) is 26.5 Å². The topological polar surface area (TPSA) is 47.0 Å². The molecule has 0 aliphatic heterocycles. The van der Waals surface area contributed by atoms with E-state index in [9.17, 15) is 0 Å². The van der Waals surface area contributed by atoms with Crippen LogP contribution in [0, 0.1) is 0 Å². The van der Waals surface area contributed by atoms with Gasteiger partial charge in [0.05, 0.1) is 12.8 Å². The number of hydrogen-bond acceptors (Lipinski definition) is 4. The van der Waals surface area contributed by atoms with Crippen molar-refractivity contribution in [1.82, 2.24) is 15.3 Å². The van der Waals surface area contributed by atoms with Gasteiger partial charge in [-0.2, -0.15) is 4.98 Å². The van der Waals surface area contributed by atoms with Gasteiger partial charge in [-0.1, -0.05) is 0 Å². The summed E-state index contributed by atoms with van der Waals surface area (Å²) in [4.78, 5) is 8.00. The van der Waals surface area contributed by atoms with Crippen molar-refractivity contribution in [3.8, 4) is 5.88 Å². The van der Waals surface area contributed by atoms with Crippen LogP contribution in [0.3, 0.4) is 0 Å². The zero-order valence-corrected chi connectivity index (χ0v) is 10.2. The molecule has 0 saturated carbocycles. The molecule has 15 heavy (non-hydrogen) atoms. The van der Waals surface area contributed by atoms with E-state index in [0.717, 1.165) is 5.69 Å². The molecule has 0 radical (unpaired) electrons. The van der Waals surface area contributed by atoms with Crippen LogP contribution in [-0.2, 0) is 6.54 Å². The van der Waals surface area contributed by atoms with Crippen molar-refractivity contribution in [3.63, 3.8) is 0 Å². The standard InChI is InChI=1S/C10H16ClN3O/c1-10(2,3)12-6-7-5-8(15-4)14-9(11)13-7/h5,12H,6H2,1-4H3. The van der Waals surface area contributed by atoms with Crippen molar-refractivity contribution >= 4 is 11.6 Å². The molecule has 84 valence electrons. The number of ether oxygens (including phenoxy) is 1. The molecule has 1 aromatic heterocycles. The first-order valence-electron chi connectivity index (χ1n) is 4.73. The molecule has 1 N–H and O–H groups in total. The van der Waals surface area contributed by atoms with Gasteiger partial charge in [-0.05, 0) is 32.4 Å². The summed E-state index contributed by atoms with van der Waals surface area (Å²) in [5.41, 5.74) is 0.867. The Labute approximate surface area is 95.0 Å². The van der Waals surface area contributed by atoms with Gasteiger partial charge in [0.15, 0.2) is 0 Å². The molecule has 1 aromatic rings. The minimum atomic E-state index is 0.0463. The maximum Gasteiger partial charge on any atom is 0.225 e. The minimum Gasteiger partial charge on any atom is -0.481 e. The van der Waals surface area contributed by atoms with Crippen LogP contribution in [0.25, 0.3) is 0 Å². The van der Waals surface area contributed by atoms with E-state index in [-0.39, 0.29) is 10.8 Å². The summed E-state index contributed by atoms with van der Waals surface area (Å²) >= 11 is 5.75. The molecule has 0 aliphatic rings. The van der Waals surface area contributed by atoms with Crippen LogP contribution in [0.15, 0.2) is 6.07 Å². The molecular weight excluding hydrogens is 214 g/mol. The summed E-state index contributed by atoms with van der Waals surface area (Å²) < 4.78 is 5.00. The van der Waals surface area contributed by atoms with Crippen molar-refractivity contribution in [2.75, 3.05) is 7.11 Å². The van der Waals surface area contributed by atoms with Gasteiger partial charge in [-0.25, -0.2) is 4.98 Å². The van der Waals surface area contributed by atoms with Crippen LogP contribution in [0.2, 0.25) is 5.28 Å². The average molecular weight is 230 g/mol. The molecule has 4 nitrogen and oxygen atoms in total. The zero-order valence-electron chi connectivity index (χ0n) is 9.47. The minimum absolute atomic E-state index is 0.0463. The normalized spacial score (nSPS) is 11.5. The quantitative estimate of drug-likeness (QED) is 0.806. The second kappa shape index (κ2) is 4.77. The molecule has 0 aromatic carbocycles. The third-order valence-corrected chi connectivity index (χ3v) is 1.91. The third-order valence-electron chi connectivity index (χ3n) is 1.74. The summed E-state index contributed by atoms with van der Waals surface area (Å²) in [6, 6.07) is 1.77. The van der Waals surface area contributed by atoms with Crippen molar-refractivity contribution in [2.24, 2.45) is 0 Å². The van der Waals surface area contributed by atoms with Gasteiger partial charge in [0.25, 0.3) is 0 Å². The van der Waals surface area contributed by atoms with Crippen LogP contribution >= 0.6 is 11.6 Å². The number of halogens is 1. The number of aromatic nitrogens is 2. The first kappa shape index (κ1) is 12.2. The first-order chi connectivity index (χ1) is 6.90. The Morgan fingerprint density at radius 3 is 2.60 bits per heavy atom. The number of nitrogens with one attached hydrogen (secondary N) is 1. The van der Waals surface area contributed by atoms with E-state index in [1.54, 1.807) is 13.2 Å². The number of rotatable bonds is 3. The lowest BCUT2D eigenvalue weighted by Crippen LogP contribution is -2.35.